The Bertz CT molecular complexity index is 864. The third-order valence-electron chi connectivity index (χ3n) is 3.52. The van der Waals surface area contributed by atoms with E-state index in [0.29, 0.717) is 17.8 Å². The van der Waals surface area contributed by atoms with Gasteiger partial charge in [-0.2, -0.15) is 13.2 Å². The fourth-order valence-electron chi connectivity index (χ4n) is 2.26. The Morgan fingerprint density at radius 2 is 1.79 bits per heavy atom. The summed E-state index contributed by atoms with van der Waals surface area (Å²) in [6.07, 6.45) is -3.78. The minimum atomic E-state index is -4.59. The van der Waals surface area contributed by atoms with Crippen molar-refractivity contribution < 1.29 is 21.6 Å². The van der Waals surface area contributed by atoms with E-state index in [2.05, 4.69) is 4.72 Å². The van der Waals surface area contributed by atoms with E-state index in [-0.39, 0.29) is 0 Å². The van der Waals surface area contributed by atoms with E-state index in [1.54, 1.807) is 18.2 Å². The lowest BCUT2D eigenvalue weighted by Gasteiger charge is -2.13. The van der Waals surface area contributed by atoms with Gasteiger partial charge in [0.15, 0.2) is 0 Å². The first-order valence-electron chi connectivity index (χ1n) is 7.03. The van der Waals surface area contributed by atoms with Crippen LogP contribution in [0.5, 0.6) is 0 Å². The molecule has 0 aliphatic carbocycles. The van der Waals surface area contributed by atoms with Gasteiger partial charge in [0.05, 0.1) is 10.6 Å². The zero-order valence-corrected chi connectivity index (χ0v) is 14.5. The predicted molar refractivity (Wildman–Crippen MR) is 87.8 cm³/mol. The average Bonchev–Trinajstić information content (AvgIpc) is 2.45. The van der Waals surface area contributed by atoms with Gasteiger partial charge in [-0.1, -0.05) is 24.6 Å². The second kappa shape index (κ2) is 6.64. The maximum Gasteiger partial charge on any atom is 0.416 e. The van der Waals surface area contributed by atoms with Crippen LogP contribution in [-0.2, 0) is 22.6 Å². The third kappa shape index (κ3) is 4.02. The second-order valence-electron chi connectivity index (χ2n) is 5.24. The van der Waals surface area contributed by atoms with Crippen molar-refractivity contribution >= 4 is 27.3 Å². The van der Waals surface area contributed by atoms with Gasteiger partial charge in [-0.25, -0.2) is 8.42 Å². The number of aryl methyl sites for hydroxylation is 2. The Labute approximate surface area is 143 Å². The molecule has 0 aromatic heterocycles. The zero-order valence-electron chi connectivity index (χ0n) is 12.9. The molecule has 0 fully saturated rings. The number of anilines is 1. The summed E-state index contributed by atoms with van der Waals surface area (Å²) in [5, 5.41) is -0.487. The quantitative estimate of drug-likeness (QED) is 0.812. The molecule has 2 aromatic rings. The van der Waals surface area contributed by atoms with Crippen LogP contribution < -0.4 is 4.72 Å². The molecule has 2 aromatic carbocycles. The van der Waals surface area contributed by atoms with Gasteiger partial charge in [0, 0.05) is 5.69 Å². The molecule has 24 heavy (non-hydrogen) atoms. The highest BCUT2D eigenvalue weighted by atomic mass is 35.5. The maximum absolute atomic E-state index is 12.6. The summed E-state index contributed by atoms with van der Waals surface area (Å²) in [4.78, 5) is -0.408. The molecule has 0 saturated carbocycles. The van der Waals surface area contributed by atoms with E-state index in [4.69, 9.17) is 11.6 Å². The average molecular weight is 378 g/mol. The lowest BCUT2D eigenvalue weighted by atomic mass is 10.1. The van der Waals surface area contributed by atoms with Crippen molar-refractivity contribution in [1.29, 1.82) is 0 Å². The number of benzene rings is 2. The number of hydrogen-bond donors (Lipinski definition) is 1. The highest BCUT2D eigenvalue weighted by Gasteiger charge is 2.32. The van der Waals surface area contributed by atoms with E-state index in [1.807, 2.05) is 13.8 Å². The van der Waals surface area contributed by atoms with Crippen molar-refractivity contribution in [3.8, 4) is 0 Å². The number of nitrogens with one attached hydrogen (secondary N) is 1. The molecule has 0 aliphatic rings. The zero-order chi connectivity index (χ0) is 18.1. The molecule has 0 saturated heterocycles. The first kappa shape index (κ1) is 18.6. The molecular formula is C16H15ClF3NO2S. The predicted octanol–water partition coefficient (Wildman–Crippen LogP) is 5.03. The van der Waals surface area contributed by atoms with E-state index in [1.165, 1.54) is 0 Å². The van der Waals surface area contributed by atoms with Crippen LogP contribution in [0.2, 0.25) is 5.02 Å². The molecule has 0 unspecified atom stereocenters. The number of rotatable bonds is 4. The van der Waals surface area contributed by atoms with Gasteiger partial charge in [0.2, 0.25) is 0 Å². The molecule has 0 amide bonds. The van der Waals surface area contributed by atoms with E-state index >= 15 is 0 Å². The first-order valence-corrected chi connectivity index (χ1v) is 8.90. The Kier molecular flexibility index (Phi) is 5.15. The second-order valence-corrected chi connectivity index (χ2v) is 7.30. The van der Waals surface area contributed by atoms with Gasteiger partial charge in [-0.05, 0) is 54.8 Å². The Balaban J connectivity index is 2.36. The molecule has 8 heteroatoms. The molecule has 0 radical (unpaired) electrons. The summed E-state index contributed by atoms with van der Waals surface area (Å²) >= 11 is 5.75. The van der Waals surface area contributed by atoms with Crippen LogP contribution in [0.3, 0.4) is 0 Å². The number of sulfonamides is 1. The first-order chi connectivity index (χ1) is 11.0. The van der Waals surface area contributed by atoms with Gasteiger partial charge in [-0.3, -0.25) is 4.72 Å². The van der Waals surface area contributed by atoms with Gasteiger partial charge in [0.25, 0.3) is 10.0 Å². The smallest absolute Gasteiger partial charge is 0.280 e. The van der Waals surface area contributed by atoms with Crippen molar-refractivity contribution in [2.45, 2.75) is 31.3 Å². The van der Waals surface area contributed by atoms with Crippen LogP contribution in [0.15, 0.2) is 41.3 Å². The van der Waals surface area contributed by atoms with Crippen molar-refractivity contribution in [3.05, 3.63) is 58.1 Å². The maximum atomic E-state index is 12.6. The van der Waals surface area contributed by atoms with Crippen LogP contribution >= 0.6 is 11.6 Å². The van der Waals surface area contributed by atoms with E-state index in [0.717, 1.165) is 23.6 Å². The molecule has 0 heterocycles. The Morgan fingerprint density at radius 1 is 1.12 bits per heavy atom. The van der Waals surface area contributed by atoms with Crippen LogP contribution in [0, 0.1) is 6.92 Å². The van der Waals surface area contributed by atoms with Gasteiger partial charge < -0.3 is 0 Å². The molecule has 0 aliphatic heterocycles. The van der Waals surface area contributed by atoms with Gasteiger partial charge in [-0.15, -0.1) is 0 Å². The molecular weight excluding hydrogens is 363 g/mol. The van der Waals surface area contributed by atoms with Crippen molar-refractivity contribution in [3.63, 3.8) is 0 Å². The Morgan fingerprint density at radius 3 is 2.29 bits per heavy atom. The highest BCUT2D eigenvalue weighted by molar-refractivity contribution is 7.92. The fourth-order valence-corrected chi connectivity index (χ4v) is 3.86. The molecule has 2 rings (SSSR count). The Hall–Kier alpha value is -1.73. The van der Waals surface area contributed by atoms with Gasteiger partial charge in [0.1, 0.15) is 4.90 Å². The van der Waals surface area contributed by atoms with E-state index in [9.17, 15) is 21.6 Å². The van der Waals surface area contributed by atoms with Crippen LogP contribution in [0.25, 0.3) is 0 Å². The largest absolute Gasteiger partial charge is 0.416 e. The molecule has 1 N–H and O–H groups in total. The van der Waals surface area contributed by atoms with Crippen molar-refractivity contribution in [2.75, 3.05) is 4.72 Å². The van der Waals surface area contributed by atoms with Crippen molar-refractivity contribution in [1.82, 2.24) is 0 Å². The number of halogens is 4. The lowest BCUT2D eigenvalue weighted by Crippen LogP contribution is -2.14. The van der Waals surface area contributed by atoms with Gasteiger partial charge >= 0.3 is 6.18 Å². The SMILES string of the molecule is CCc1ccc(NS(=O)(=O)c2ccc(C(F)(F)F)cc2Cl)cc1C. The number of hydrogen-bond acceptors (Lipinski definition) is 2. The standard InChI is InChI=1S/C16H15ClF3NO2S/c1-3-11-4-6-13(8-10(11)2)21-24(22,23)15-7-5-12(9-14(15)17)16(18,19)20/h4-9,21H,3H2,1-2H3. The van der Waals surface area contributed by atoms with Crippen LogP contribution in [0.1, 0.15) is 23.6 Å². The highest BCUT2D eigenvalue weighted by Crippen LogP contribution is 2.34. The minimum absolute atomic E-state index is 0.320. The summed E-state index contributed by atoms with van der Waals surface area (Å²) in [6.45, 7) is 3.83. The molecule has 0 spiro atoms. The summed E-state index contributed by atoms with van der Waals surface area (Å²) in [7, 11) is -4.09. The lowest BCUT2D eigenvalue weighted by molar-refractivity contribution is -0.137. The van der Waals surface area contributed by atoms with Crippen LogP contribution in [0.4, 0.5) is 18.9 Å². The monoisotopic (exact) mass is 377 g/mol. The minimum Gasteiger partial charge on any atom is -0.280 e. The van der Waals surface area contributed by atoms with Crippen LogP contribution in [-0.4, -0.2) is 8.42 Å². The number of alkyl halides is 3. The summed E-state index contributed by atoms with van der Waals surface area (Å²) in [5.74, 6) is 0. The summed E-state index contributed by atoms with van der Waals surface area (Å²) < 4.78 is 65.0. The molecule has 0 atom stereocenters. The topological polar surface area (TPSA) is 46.2 Å². The summed E-state index contributed by atoms with van der Waals surface area (Å²) in [5.41, 5.74) is 1.30. The molecule has 3 nitrogen and oxygen atoms in total. The third-order valence-corrected chi connectivity index (χ3v) is 5.39. The van der Waals surface area contributed by atoms with E-state index < -0.39 is 31.7 Å². The molecule has 0 bridgehead atoms. The van der Waals surface area contributed by atoms with Crippen molar-refractivity contribution in [2.24, 2.45) is 0 Å². The summed E-state index contributed by atoms with van der Waals surface area (Å²) in [6, 6.07) is 7.19. The normalized spacial score (nSPS) is 12.2. The molecule has 130 valence electrons. The fraction of sp³-hybridized carbons (Fsp3) is 0.250.